The Labute approximate surface area is 61.3 Å². The monoisotopic (exact) mass is 140 g/mol. The third-order valence-electron chi connectivity index (χ3n) is 0.863. The molecule has 0 amide bonds. The molecule has 0 spiro atoms. The molecule has 0 aromatic carbocycles. The van der Waals surface area contributed by atoms with Gasteiger partial charge in [0.05, 0.1) is 25.8 Å². The standard InChI is InChI=1S/C7H12N2O/c1-2-6-10-7-5-9-4-3-8/h2,9H,1,4-7H2. The second-order valence-corrected chi connectivity index (χ2v) is 1.70. The van der Waals surface area contributed by atoms with E-state index in [9.17, 15) is 0 Å². The average molecular weight is 140 g/mol. The summed E-state index contributed by atoms with van der Waals surface area (Å²) in [6.45, 7) is 5.82. The maximum absolute atomic E-state index is 8.10. The van der Waals surface area contributed by atoms with Gasteiger partial charge in [0, 0.05) is 6.54 Å². The molecular weight excluding hydrogens is 128 g/mol. The van der Waals surface area contributed by atoms with Crippen LogP contribution >= 0.6 is 0 Å². The first-order chi connectivity index (χ1) is 4.91. The molecule has 0 saturated carbocycles. The van der Waals surface area contributed by atoms with Crippen LogP contribution in [0.4, 0.5) is 0 Å². The van der Waals surface area contributed by atoms with Gasteiger partial charge in [0.2, 0.25) is 0 Å². The Balaban J connectivity index is 2.78. The highest BCUT2D eigenvalue weighted by molar-refractivity contribution is 4.72. The quantitative estimate of drug-likeness (QED) is 0.328. The van der Waals surface area contributed by atoms with Crippen molar-refractivity contribution in [2.24, 2.45) is 0 Å². The van der Waals surface area contributed by atoms with Crippen LogP contribution < -0.4 is 5.32 Å². The molecule has 3 heteroatoms. The van der Waals surface area contributed by atoms with Gasteiger partial charge in [-0.25, -0.2) is 0 Å². The summed E-state index contributed by atoms with van der Waals surface area (Å²) in [7, 11) is 0. The van der Waals surface area contributed by atoms with Gasteiger partial charge >= 0.3 is 0 Å². The van der Waals surface area contributed by atoms with E-state index in [0.717, 1.165) is 6.54 Å². The summed E-state index contributed by atoms with van der Waals surface area (Å²) in [6, 6.07) is 1.97. The summed E-state index contributed by atoms with van der Waals surface area (Å²) in [6.07, 6.45) is 1.70. The molecule has 0 aliphatic heterocycles. The fraction of sp³-hybridized carbons (Fsp3) is 0.571. The zero-order valence-corrected chi connectivity index (χ0v) is 5.97. The van der Waals surface area contributed by atoms with Crippen LogP contribution in [0.3, 0.4) is 0 Å². The van der Waals surface area contributed by atoms with Crippen molar-refractivity contribution in [1.82, 2.24) is 5.32 Å². The number of nitriles is 1. The summed E-state index contributed by atoms with van der Waals surface area (Å²) in [5, 5.41) is 11.0. The molecule has 0 rings (SSSR count). The topological polar surface area (TPSA) is 45.0 Å². The Bertz CT molecular complexity index is 117. The number of nitrogens with zero attached hydrogens (tertiary/aromatic N) is 1. The highest BCUT2D eigenvalue weighted by atomic mass is 16.5. The van der Waals surface area contributed by atoms with Crippen LogP contribution in [0.15, 0.2) is 12.7 Å². The van der Waals surface area contributed by atoms with Crippen molar-refractivity contribution in [3.05, 3.63) is 12.7 Å². The minimum atomic E-state index is 0.386. The molecule has 0 unspecified atom stereocenters. The molecule has 0 saturated heterocycles. The van der Waals surface area contributed by atoms with E-state index in [2.05, 4.69) is 11.9 Å². The van der Waals surface area contributed by atoms with Crippen LogP contribution in [0.25, 0.3) is 0 Å². The number of hydrogen-bond donors (Lipinski definition) is 1. The molecule has 0 aromatic rings. The predicted octanol–water partition coefficient (Wildman–Crippen LogP) is 0.302. The van der Waals surface area contributed by atoms with E-state index in [1.165, 1.54) is 0 Å². The van der Waals surface area contributed by atoms with Crippen molar-refractivity contribution >= 4 is 0 Å². The lowest BCUT2D eigenvalue weighted by atomic mass is 10.6. The number of rotatable bonds is 6. The van der Waals surface area contributed by atoms with Gasteiger partial charge in [0.15, 0.2) is 0 Å². The van der Waals surface area contributed by atoms with Gasteiger partial charge in [-0.05, 0) is 0 Å². The van der Waals surface area contributed by atoms with E-state index >= 15 is 0 Å². The number of hydrogen-bond acceptors (Lipinski definition) is 3. The van der Waals surface area contributed by atoms with Gasteiger partial charge < -0.3 is 10.1 Å². The average Bonchev–Trinajstić information content (AvgIpc) is 1.97. The maximum atomic E-state index is 8.10. The molecule has 1 N–H and O–H groups in total. The third-order valence-corrected chi connectivity index (χ3v) is 0.863. The van der Waals surface area contributed by atoms with E-state index in [1.54, 1.807) is 6.08 Å². The van der Waals surface area contributed by atoms with Crippen LogP contribution in [-0.2, 0) is 4.74 Å². The summed E-state index contributed by atoms with van der Waals surface area (Å²) >= 11 is 0. The lowest BCUT2D eigenvalue weighted by Crippen LogP contribution is -2.19. The lowest BCUT2D eigenvalue weighted by molar-refractivity contribution is 0.165. The zero-order chi connectivity index (χ0) is 7.66. The fourth-order valence-corrected chi connectivity index (χ4v) is 0.455. The smallest absolute Gasteiger partial charge is 0.0841 e. The van der Waals surface area contributed by atoms with Crippen LogP contribution in [0.1, 0.15) is 0 Å². The van der Waals surface area contributed by atoms with E-state index in [0.29, 0.717) is 19.8 Å². The Morgan fingerprint density at radius 3 is 3.10 bits per heavy atom. The number of ether oxygens (including phenoxy) is 1. The van der Waals surface area contributed by atoms with Crippen molar-refractivity contribution in [3.63, 3.8) is 0 Å². The second-order valence-electron chi connectivity index (χ2n) is 1.70. The molecule has 0 aliphatic rings. The van der Waals surface area contributed by atoms with Crippen molar-refractivity contribution in [3.8, 4) is 6.07 Å². The highest BCUT2D eigenvalue weighted by Gasteiger charge is 1.83. The van der Waals surface area contributed by atoms with E-state index in [4.69, 9.17) is 10.00 Å². The van der Waals surface area contributed by atoms with Gasteiger partial charge in [-0.2, -0.15) is 5.26 Å². The minimum Gasteiger partial charge on any atom is -0.376 e. The zero-order valence-electron chi connectivity index (χ0n) is 5.97. The Morgan fingerprint density at radius 1 is 1.70 bits per heavy atom. The molecule has 56 valence electrons. The third kappa shape index (κ3) is 7.15. The van der Waals surface area contributed by atoms with E-state index in [1.807, 2.05) is 6.07 Å². The Kier molecular flexibility index (Phi) is 7.46. The van der Waals surface area contributed by atoms with Crippen molar-refractivity contribution in [1.29, 1.82) is 5.26 Å². The summed E-state index contributed by atoms with van der Waals surface area (Å²) in [5.74, 6) is 0. The van der Waals surface area contributed by atoms with Crippen LogP contribution in [-0.4, -0.2) is 26.3 Å². The maximum Gasteiger partial charge on any atom is 0.0841 e. The number of nitrogens with one attached hydrogen (secondary N) is 1. The lowest BCUT2D eigenvalue weighted by Gasteiger charge is -1.99. The SMILES string of the molecule is C=CCOCCNCC#N. The normalized spacial score (nSPS) is 8.70. The fourth-order valence-electron chi connectivity index (χ4n) is 0.455. The second kappa shape index (κ2) is 8.15. The van der Waals surface area contributed by atoms with Crippen LogP contribution in [0, 0.1) is 11.3 Å². The Morgan fingerprint density at radius 2 is 2.50 bits per heavy atom. The predicted molar refractivity (Wildman–Crippen MR) is 39.5 cm³/mol. The largest absolute Gasteiger partial charge is 0.376 e. The minimum absolute atomic E-state index is 0.386. The molecule has 10 heavy (non-hydrogen) atoms. The molecule has 0 radical (unpaired) electrons. The van der Waals surface area contributed by atoms with Crippen LogP contribution in [0.5, 0.6) is 0 Å². The Hall–Kier alpha value is -0.850. The molecule has 0 aromatic heterocycles. The van der Waals surface area contributed by atoms with Crippen molar-refractivity contribution in [2.45, 2.75) is 0 Å². The van der Waals surface area contributed by atoms with Gasteiger partial charge in [-0.3, -0.25) is 0 Å². The van der Waals surface area contributed by atoms with Crippen molar-refractivity contribution in [2.75, 3.05) is 26.3 Å². The van der Waals surface area contributed by atoms with Crippen LogP contribution in [0.2, 0.25) is 0 Å². The first kappa shape index (κ1) is 9.15. The molecule has 0 bridgehead atoms. The van der Waals surface area contributed by atoms with E-state index < -0.39 is 0 Å². The molecule has 0 heterocycles. The molecule has 0 aliphatic carbocycles. The van der Waals surface area contributed by atoms with Gasteiger partial charge in [-0.15, -0.1) is 6.58 Å². The van der Waals surface area contributed by atoms with Crippen molar-refractivity contribution < 1.29 is 4.74 Å². The van der Waals surface area contributed by atoms with E-state index in [-0.39, 0.29) is 0 Å². The molecule has 3 nitrogen and oxygen atoms in total. The molecule has 0 fully saturated rings. The first-order valence-corrected chi connectivity index (χ1v) is 3.18. The van der Waals surface area contributed by atoms with Gasteiger partial charge in [0.1, 0.15) is 0 Å². The summed E-state index contributed by atoms with van der Waals surface area (Å²) in [4.78, 5) is 0. The summed E-state index contributed by atoms with van der Waals surface area (Å²) in [5.41, 5.74) is 0. The summed E-state index contributed by atoms with van der Waals surface area (Å²) < 4.78 is 5.04. The van der Waals surface area contributed by atoms with Gasteiger partial charge in [0.25, 0.3) is 0 Å². The molecular formula is C7H12N2O. The molecule has 0 atom stereocenters. The highest BCUT2D eigenvalue weighted by Crippen LogP contribution is 1.72. The van der Waals surface area contributed by atoms with Gasteiger partial charge in [-0.1, -0.05) is 6.08 Å². The first-order valence-electron chi connectivity index (χ1n) is 3.18.